The van der Waals surface area contributed by atoms with Crippen LogP contribution in [0.15, 0.2) is 36.4 Å². The van der Waals surface area contributed by atoms with E-state index in [1.807, 2.05) is 26.0 Å². The van der Waals surface area contributed by atoms with Crippen molar-refractivity contribution in [2.45, 2.75) is 19.6 Å². The van der Waals surface area contributed by atoms with Crippen LogP contribution in [0.4, 0.5) is 5.69 Å². The largest absolute Gasteiger partial charge is 0.497 e. The minimum Gasteiger partial charge on any atom is -0.497 e. The lowest BCUT2D eigenvalue weighted by atomic mass is 9.97. The Kier molecular flexibility index (Phi) is 6.71. The third kappa shape index (κ3) is 5.01. The highest BCUT2D eigenvalue weighted by molar-refractivity contribution is 7.54. The Morgan fingerprint density at radius 3 is 2.24 bits per heavy atom. The van der Waals surface area contributed by atoms with Gasteiger partial charge in [-0.05, 0) is 36.4 Å². The standard InChI is InChI=1S/C20H24Cl2NO5P/c1-20(2)11-27-29(24,28-12-20)19(23-14-5-7-15(25-3)8-6-14)16-9-13(21)10-17(22)18(16)26-4/h5-10,19,23H,11-12H2,1-4H3. The molecule has 1 atom stereocenters. The van der Waals surface area contributed by atoms with E-state index in [0.717, 1.165) is 0 Å². The third-order valence-corrected chi connectivity index (χ3v) is 7.03. The summed E-state index contributed by atoms with van der Waals surface area (Å²) in [4.78, 5) is 0. The molecular formula is C20H24Cl2NO5P. The number of ether oxygens (including phenoxy) is 2. The van der Waals surface area contributed by atoms with Gasteiger partial charge in [-0.15, -0.1) is 0 Å². The molecule has 9 heteroatoms. The fourth-order valence-electron chi connectivity index (χ4n) is 2.93. The van der Waals surface area contributed by atoms with Crippen LogP contribution in [-0.4, -0.2) is 27.4 Å². The average molecular weight is 460 g/mol. The van der Waals surface area contributed by atoms with Crippen molar-refractivity contribution >= 4 is 36.5 Å². The van der Waals surface area contributed by atoms with Gasteiger partial charge >= 0.3 is 7.60 Å². The highest BCUT2D eigenvalue weighted by atomic mass is 35.5. The molecular weight excluding hydrogens is 436 g/mol. The molecule has 1 aliphatic rings. The van der Waals surface area contributed by atoms with E-state index in [2.05, 4.69) is 5.32 Å². The predicted molar refractivity (Wildman–Crippen MR) is 116 cm³/mol. The van der Waals surface area contributed by atoms with E-state index >= 15 is 0 Å². The lowest BCUT2D eigenvalue weighted by molar-refractivity contribution is 0.0387. The molecule has 1 saturated heterocycles. The van der Waals surface area contributed by atoms with Gasteiger partial charge in [-0.3, -0.25) is 4.57 Å². The first kappa shape index (κ1) is 22.3. The lowest BCUT2D eigenvalue weighted by Crippen LogP contribution is -2.32. The molecule has 1 fully saturated rings. The quantitative estimate of drug-likeness (QED) is 0.504. The molecule has 1 aliphatic heterocycles. The summed E-state index contributed by atoms with van der Waals surface area (Å²) in [5.41, 5.74) is 0.944. The van der Waals surface area contributed by atoms with Crippen LogP contribution < -0.4 is 14.8 Å². The van der Waals surface area contributed by atoms with Crippen LogP contribution in [0.3, 0.4) is 0 Å². The topological polar surface area (TPSA) is 66.0 Å². The van der Waals surface area contributed by atoms with Crippen LogP contribution in [0.2, 0.25) is 10.0 Å². The van der Waals surface area contributed by atoms with E-state index < -0.39 is 13.4 Å². The fraction of sp³-hybridized carbons (Fsp3) is 0.400. The number of rotatable bonds is 6. The van der Waals surface area contributed by atoms with Crippen LogP contribution in [-0.2, 0) is 13.6 Å². The van der Waals surface area contributed by atoms with Crippen LogP contribution in [0.25, 0.3) is 0 Å². The van der Waals surface area contributed by atoms with Gasteiger partial charge in [0.25, 0.3) is 0 Å². The molecule has 2 aromatic carbocycles. The van der Waals surface area contributed by atoms with E-state index in [9.17, 15) is 4.57 Å². The normalized spacial score (nSPS) is 18.7. The predicted octanol–water partition coefficient (Wildman–Crippen LogP) is 6.39. The first-order chi connectivity index (χ1) is 13.7. The van der Waals surface area contributed by atoms with Crippen LogP contribution in [0.1, 0.15) is 25.2 Å². The Morgan fingerprint density at radius 1 is 1.07 bits per heavy atom. The molecule has 0 aromatic heterocycles. The van der Waals surface area contributed by atoms with Crippen molar-refractivity contribution in [3.05, 3.63) is 52.0 Å². The molecule has 1 heterocycles. The number of nitrogens with one attached hydrogen (secondary N) is 1. The van der Waals surface area contributed by atoms with Gasteiger partial charge in [0.05, 0.1) is 32.5 Å². The molecule has 6 nitrogen and oxygen atoms in total. The summed E-state index contributed by atoms with van der Waals surface area (Å²) in [7, 11) is -0.547. The molecule has 0 aliphatic carbocycles. The second-order valence-electron chi connectivity index (χ2n) is 7.54. The van der Waals surface area contributed by atoms with Crippen LogP contribution in [0.5, 0.6) is 11.5 Å². The number of benzene rings is 2. The summed E-state index contributed by atoms with van der Waals surface area (Å²) in [5, 5.41) is 3.94. The maximum Gasteiger partial charge on any atom is 0.357 e. The maximum absolute atomic E-state index is 13.8. The summed E-state index contributed by atoms with van der Waals surface area (Å²) in [6, 6.07) is 10.4. The van der Waals surface area contributed by atoms with Gasteiger partial charge in [-0.1, -0.05) is 37.0 Å². The van der Waals surface area contributed by atoms with Crippen molar-refractivity contribution in [1.82, 2.24) is 0 Å². The Labute approximate surface area is 180 Å². The van der Waals surface area contributed by atoms with E-state index in [1.165, 1.54) is 7.11 Å². The van der Waals surface area contributed by atoms with E-state index in [4.69, 9.17) is 41.7 Å². The molecule has 3 rings (SSSR count). The zero-order chi connectivity index (χ0) is 21.2. The average Bonchev–Trinajstić information content (AvgIpc) is 2.68. The van der Waals surface area contributed by atoms with E-state index in [-0.39, 0.29) is 5.41 Å². The number of hydrogen-bond donors (Lipinski definition) is 1. The molecule has 0 bridgehead atoms. The fourth-order valence-corrected chi connectivity index (χ4v) is 5.79. The Morgan fingerprint density at radius 2 is 1.69 bits per heavy atom. The summed E-state index contributed by atoms with van der Waals surface area (Å²) in [6.45, 7) is 4.56. The molecule has 0 saturated carbocycles. The summed E-state index contributed by atoms with van der Waals surface area (Å²) >= 11 is 12.6. The highest BCUT2D eigenvalue weighted by Gasteiger charge is 2.45. The summed E-state index contributed by atoms with van der Waals surface area (Å²) < 4.78 is 36.0. The minimum absolute atomic E-state index is 0.241. The van der Waals surface area contributed by atoms with Crippen molar-refractivity contribution in [1.29, 1.82) is 0 Å². The van der Waals surface area contributed by atoms with Gasteiger partial charge in [0.1, 0.15) is 11.5 Å². The van der Waals surface area contributed by atoms with E-state index in [0.29, 0.717) is 46.0 Å². The summed E-state index contributed by atoms with van der Waals surface area (Å²) in [6.07, 6.45) is 0. The molecule has 29 heavy (non-hydrogen) atoms. The van der Waals surface area contributed by atoms with Gasteiger partial charge in [0, 0.05) is 21.7 Å². The number of anilines is 1. The van der Waals surface area contributed by atoms with Crippen LogP contribution in [0, 0.1) is 5.41 Å². The van der Waals surface area contributed by atoms with Crippen LogP contribution >= 0.6 is 30.8 Å². The number of halogens is 2. The monoisotopic (exact) mass is 459 g/mol. The van der Waals surface area contributed by atoms with Gasteiger partial charge < -0.3 is 23.8 Å². The summed E-state index contributed by atoms with van der Waals surface area (Å²) in [5.74, 6) is 0.182. The Balaban J connectivity index is 2.06. The first-order valence-electron chi connectivity index (χ1n) is 9.00. The maximum atomic E-state index is 13.8. The molecule has 1 unspecified atom stereocenters. The number of hydrogen-bond acceptors (Lipinski definition) is 6. The Hall–Kier alpha value is -1.43. The van der Waals surface area contributed by atoms with Crippen molar-refractivity contribution in [2.24, 2.45) is 5.41 Å². The van der Waals surface area contributed by atoms with E-state index in [1.54, 1.807) is 31.4 Å². The highest BCUT2D eigenvalue weighted by Crippen LogP contribution is 2.65. The first-order valence-corrected chi connectivity index (χ1v) is 11.4. The van der Waals surface area contributed by atoms with Gasteiger partial charge in [-0.2, -0.15) is 0 Å². The lowest BCUT2D eigenvalue weighted by Gasteiger charge is -2.38. The second-order valence-corrected chi connectivity index (χ2v) is 10.5. The molecule has 1 N–H and O–H groups in total. The SMILES string of the molecule is COc1ccc(NC(c2cc(Cl)cc(Cl)c2OC)P2(=O)OCC(C)(C)CO2)cc1. The zero-order valence-corrected chi connectivity index (χ0v) is 19.1. The second kappa shape index (κ2) is 8.75. The Bertz CT molecular complexity index is 906. The molecule has 0 radical (unpaired) electrons. The third-order valence-electron chi connectivity index (χ3n) is 4.52. The molecule has 158 valence electrons. The van der Waals surface area contributed by atoms with Crippen molar-refractivity contribution in [2.75, 3.05) is 32.8 Å². The smallest absolute Gasteiger partial charge is 0.357 e. The van der Waals surface area contributed by atoms with Gasteiger partial charge in [-0.25, -0.2) is 0 Å². The van der Waals surface area contributed by atoms with Crippen molar-refractivity contribution in [3.63, 3.8) is 0 Å². The van der Waals surface area contributed by atoms with Crippen molar-refractivity contribution < 1.29 is 23.1 Å². The zero-order valence-electron chi connectivity index (χ0n) is 16.7. The molecule has 2 aromatic rings. The molecule has 0 amide bonds. The van der Waals surface area contributed by atoms with Gasteiger partial charge in [0.15, 0.2) is 5.78 Å². The number of methoxy groups -OCH3 is 2. The van der Waals surface area contributed by atoms with Gasteiger partial charge in [0.2, 0.25) is 0 Å². The minimum atomic E-state index is -3.63. The van der Waals surface area contributed by atoms with Crippen molar-refractivity contribution in [3.8, 4) is 11.5 Å². The molecule has 0 spiro atoms.